The van der Waals surface area contributed by atoms with Gasteiger partial charge in [0.15, 0.2) is 0 Å². The van der Waals surface area contributed by atoms with Crippen molar-refractivity contribution in [2.24, 2.45) is 0 Å². The predicted octanol–water partition coefficient (Wildman–Crippen LogP) is 5.46. The van der Waals surface area contributed by atoms with Crippen LogP contribution in [0.2, 0.25) is 0 Å². The molecule has 2 N–H and O–H groups in total. The first-order valence-corrected chi connectivity index (χ1v) is 11.2. The third-order valence-electron chi connectivity index (χ3n) is 5.42. The van der Waals surface area contributed by atoms with Crippen LogP contribution >= 0.6 is 11.8 Å². The maximum absolute atomic E-state index is 13.2. The van der Waals surface area contributed by atoms with Gasteiger partial charge in [0, 0.05) is 22.9 Å². The van der Waals surface area contributed by atoms with Crippen molar-refractivity contribution in [3.8, 4) is 12.1 Å². The zero-order chi connectivity index (χ0) is 22.8. The van der Waals surface area contributed by atoms with E-state index in [4.69, 9.17) is 5.73 Å². The largest absolute Gasteiger partial charge is 0.383 e. The molecule has 0 aliphatic rings. The summed E-state index contributed by atoms with van der Waals surface area (Å²) in [5, 5.41) is 21.7. The van der Waals surface area contributed by atoms with Crippen molar-refractivity contribution in [1.29, 1.82) is 10.5 Å². The van der Waals surface area contributed by atoms with E-state index >= 15 is 0 Å². The molecule has 2 heterocycles. The van der Waals surface area contributed by atoms with Crippen LogP contribution in [0.1, 0.15) is 47.7 Å². The average molecular weight is 440 g/mol. The fraction of sp³-hybridized carbons (Fsp3) is 0.200. The summed E-state index contributed by atoms with van der Waals surface area (Å²) in [6.45, 7) is 3.83. The van der Waals surface area contributed by atoms with Crippen LogP contribution in [-0.4, -0.2) is 21.2 Å². The Bertz CT molecular complexity index is 1390. The zero-order valence-electron chi connectivity index (χ0n) is 17.8. The number of nitrogens with two attached hydrogens (primary N) is 1. The summed E-state index contributed by atoms with van der Waals surface area (Å²) < 4.78 is 1.76. The highest BCUT2D eigenvalue weighted by atomic mass is 32.2. The van der Waals surface area contributed by atoms with Gasteiger partial charge in [-0.3, -0.25) is 9.36 Å². The fourth-order valence-corrected chi connectivity index (χ4v) is 4.98. The van der Waals surface area contributed by atoms with Crippen molar-refractivity contribution in [1.82, 2.24) is 9.55 Å². The standard InChI is InChI=1S/C25H21N5OS/c1-15(2)23-18(13-26)24(28)29-25(19(23)14-27)32-12-11-22(31)30-20-9-5-3-7-16(20)17-8-4-6-10-21(17)30/h3-10,15H,11-12H2,1-2H3,(H2,28,29). The van der Waals surface area contributed by atoms with E-state index in [1.54, 1.807) is 4.57 Å². The SMILES string of the molecule is CC(C)c1c(C#N)c(N)nc(SCCC(=O)n2c3ccccc3c3ccccc32)c1C#N. The molecule has 0 spiro atoms. The summed E-state index contributed by atoms with van der Waals surface area (Å²) in [6.07, 6.45) is 0.261. The number of pyridine rings is 1. The molecule has 0 saturated heterocycles. The molecule has 2 aromatic carbocycles. The van der Waals surface area contributed by atoms with Gasteiger partial charge in [-0.15, -0.1) is 11.8 Å². The normalized spacial score (nSPS) is 11.0. The van der Waals surface area contributed by atoms with E-state index in [2.05, 4.69) is 17.1 Å². The van der Waals surface area contributed by atoms with Gasteiger partial charge in [0.05, 0.1) is 22.2 Å². The molecule has 0 amide bonds. The van der Waals surface area contributed by atoms with Crippen molar-refractivity contribution in [2.45, 2.75) is 31.2 Å². The van der Waals surface area contributed by atoms with Gasteiger partial charge >= 0.3 is 0 Å². The molecule has 6 nitrogen and oxygen atoms in total. The van der Waals surface area contributed by atoms with Gasteiger partial charge in [-0.25, -0.2) is 4.98 Å². The van der Waals surface area contributed by atoms with Crippen molar-refractivity contribution in [3.05, 3.63) is 65.2 Å². The first-order chi connectivity index (χ1) is 15.5. The minimum Gasteiger partial charge on any atom is -0.383 e. The molecular formula is C25H21N5OS. The molecule has 7 heteroatoms. The Hall–Kier alpha value is -3.81. The molecule has 0 aliphatic heterocycles. The lowest BCUT2D eigenvalue weighted by molar-refractivity contribution is 0.0920. The smallest absolute Gasteiger partial charge is 0.232 e. The zero-order valence-corrected chi connectivity index (χ0v) is 18.6. The summed E-state index contributed by atoms with van der Waals surface area (Å²) in [7, 11) is 0. The van der Waals surface area contributed by atoms with Crippen LogP contribution in [0.5, 0.6) is 0 Å². The molecule has 0 atom stereocenters. The molecule has 0 bridgehead atoms. The fourth-order valence-electron chi connectivity index (χ4n) is 4.04. The summed E-state index contributed by atoms with van der Waals surface area (Å²) >= 11 is 1.32. The molecule has 2 aromatic heterocycles. The monoisotopic (exact) mass is 439 g/mol. The Kier molecular flexibility index (Phi) is 5.85. The summed E-state index contributed by atoms with van der Waals surface area (Å²) in [5.41, 5.74) is 8.98. The number of rotatable bonds is 5. The average Bonchev–Trinajstić information content (AvgIpc) is 3.13. The predicted molar refractivity (Wildman–Crippen MR) is 128 cm³/mol. The minimum atomic E-state index is -0.0526. The quantitative estimate of drug-likeness (QED) is 0.414. The number of hydrogen-bond donors (Lipinski definition) is 1. The van der Waals surface area contributed by atoms with E-state index in [1.165, 1.54) is 11.8 Å². The third kappa shape index (κ3) is 3.57. The van der Waals surface area contributed by atoms with Crippen LogP contribution in [0.25, 0.3) is 21.8 Å². The number of carbonyl (C=O) groups excluding carboxylic acids is 1. The Morgan fingerprint density at radius 1 is 1.03 bits per heavy atom. The molecular weight excluding hydrogens is 418 g/mol. The van der Waals surface area contributed by atoms with Gasteiger partial charge in [0.25, 0.3) is 0 Å². The van der Waals surface area contributed by atoms with Crippen molar-refractivity contribution in [3.63, 3.8) is 0 Å². The molecule has 0 radical (unpaired) electrons. The van der Waals surface area contributed by atoms with E-state index < -0.39 is 0 Å². The number of nitriles is 2. The van der Waals surface area contributed by atoms with Gasteiger partial charge in [0.2, 0.25) is 5.91 Å². The molecule has 0 saturated carbocycles. The van der Waals surface area contributed by atoms with Crippen molar-refractivity contribution < 1.29 is 4.79 Å². The van der Waals surface area contributed by atoms with E-state index in [1.807, 2.05) is 62.4 Å². The second-order valence-corrected chi connectivity index (χ2v) is 8.79. The minimum absolute atomic E-state index is 0.0286. The number of nitrogens with zero attached hydrogens (tertiary/aromatic N) is 4. The molecule has 32 heavy (non-hydrogen) atoms. The lowest BCUT2D eigenvalue weighted by Crippen LogP contribution is -2.11. The number of fused-ring (bicyclic) bond motifs is 3. The molecule has 0 unspecified atom stereocenters. The second-order valence-electron chi connectivity index (χ2n) is 7.71. The molecule has 4 aromatic rings. The van der Waals surface area contributed by atoms with E-state index in [-0.39, 0.29) is 29.6 Å². The van der Waals surface area contributed by atoms with Crippen LogP contribution in [0, 0.1) is 22.7 Å². The van der Waals surface area contributed by atoms with Crippen LogP contribution in [0.15, 0.2) is 53.6 Å². The van der Waals surface area contributed by atoms with Crippen molar-refractivity contribution >= 4 is 45.3 Å². The molecule has 0 fully saturated rings. The Balaban J connectivity index is 1.63. The maximum Gasteiger partial charge on any atom is 0.232 e. The lowest BCUT2D eigenvalue weighted by Gasteiger charge is -2.15. The first kappa shape index (κ1) is 21.4. The highest BCUT2D eigenvalue weighted by molar-refractivity contribution is 7.99. The van der Waals surface area contributed by atoms with Gasteiger partial charge in [0.1, 0.15) is 23.0 Å². The van der Waals surface area contributed by atoms with E-state index in [0.717, 1.165) is 21.8 Å². The highest BCUT2D eigenvalue weighted by Gasteiger charge is 2.22. The summed E-state index contributed by atoms with van der Waals surface area (Å²) in [5.74, 6) is 0.471. The number of thioether (sulfide) groups is 1. The Morgan fingerprint density at radius 3 is 2.12 bits per heavy atom. The number of benzene rings is 2. The molecule has 158 valence electrons. The molecule has 4 rings (SSSR count). The number of para-hydroxylation sites is 2. The number of nitrogen functional groups attached to an aromatic ring is 1. The lowest BCUT2D eigenvalue weighted by atomic mass is 9.94. The summed E-state index contributed by atoms with van der Waals surface area (Å²) in [6, 6.07) is 20.0. The topological polar surface area (TPSA) is 108 Å². The van der Waals surface area contributed by atoms with Crippen LogP contribution in [0.3, 0.4) is 0 Å². The molecule has 0 aliphatic carbocycles. The maximum atomic E-state index is 13.2. The Labute approximate surface area is 190 Å². The highest BCUT2D eigenvalue weighted by Crippen LogP contribution is 2.34. The van der Waals surface area contributed by atoms with E-state index in [9.17, 15) is 15.3 Å². The van der Waals surface area contributed by atoms with E-state index in [0.29, 0.717) is 21.9 Å². The van der Waals surface area contributed by atoms with Gasteiger partial charge in [-0.05, 0) is 23.6 Å². The third-order valence-corrected chi connectivity index (χ3v) is 6.39. The number of anilines is 1. The van der Waals surface area contributed by atoms with Gasteiger partial charge < -0.3 is 5.73 Å². The van der Waals surface area contributed by atoms with Crippen molar-refractivity contribution in [2.75, 3.05) is 11.5 Å². The number of hydrogen-bond acceptors (Lipinski definition) is 6. The number of carbonyl (C=O) groups is 1. The van der Waals surface area contributed by atoms with Crippen LogP contribution in [-0.2, 0) is 0 Å². The van der Waals surface area contributed by atoms with Crippen LogP contribution in [0.4, 0.5) is 5.82 Å². The first-order valence-electron chi connectivity index (χ1n) is 10.3. The van der Waals surface area contributed by atoms with Gasteiger partial charge in [-0.2, -0.15) is 10.5 Å². The Morgan fingerprint density at radius 2 is 1.59 bits per heavy atom. The second kappa shape index (κ2) is 8.74. The van der Waals surface area contributed by atoms with Gasteiger partial charge in [-0.1, -0.05) is 50.2 Å². The summed E-state index contributed by atoms with van der Waals surface area (Å²) in [4.78, 5) is 17.5. The number of aromatic nitrogens is 2. The van der Waals surface area contributed by atoms with Crippen LogP contribution < -0.4 is 5.73 Å².